The molecule has 1 aliphatic rings. The Morgan fingerprint density at radius 3 is 2.96 bits per heavy atom. The first-order valence-electron chi connectivity index (χ1n) is 9.05. The molecule has 26 heavy (non-hydrogen) atoms. The van der Waals surface area contributed by atoms with Crippen LogP contribution in [0.15, 0.2) is 49.2 Å². The molecular formula is C19H24N6O. The molecular weight excluding hydrogens is 328 g/mol. The number of aromatic nitrogens is 5. The number of imidazole rings is 2. The van der Waals surface area contributed by atoms with Crippen molar-refractivity contribution in [3.63, 3.8) is 0 Å². The van der Waals surface area contributed by atoms with Gasteiger partial charge in [0, 0.05) is 57.1 Å². The number of rotatable bonds is 6. The lowest BCUT2D eigenvalue weighted by molar-refractivity contribution is -0.0348. The summed E-state index contributed by atoms with van der Waals surface area (Å²) in [6.07, 6.45) is 11.4. The van der Waals surface area contributed by atoms with Crippen molar-refractivity contribution in [2.24, 2.45) is 13.0 Å². The quantitative estimate of drug-likeness (QED) is 0.712. The van der Waals surface area contributed by atoms with Crippen LogP contribution in [0.3, 0.4) is 0 Å². The maximum atomic E-state index is 6.08. The van der Waals surface area contributed by atoms with Crippen molar-refractivity contribution in [3.8, 4) is 0 Å². The number of aryl methyl sites for hydroxylation is 1. The summed E-state index contributed by atoms with van der Waals surface area (Å²) in [5.74, 6) is 2.21. The lowest BCUT2D eigenvalue weighted by Crippen LogP contribution is -2.35. The van der Waals surface area contributed by atoms with E-state index >= 15 is 0 Å². The Morgan fingerprint density at radius 2 is 2.23 bits per heavy atom. The molecule has 1 fully saturated rings. The van der Waals surface area contributed by atoms with Crippen LogP contribution in [0.25, 0.3) is 0 Å². The topological polar surface area (TPSA) is 80.7 Å². The molecule has 3 aromatic heterocycles. The molecule has 7 nitrogen and oxygen atoms in total. The van der Waals surface area contributed by atoms with Crippen LogP contribution in [0.5, 0.6) is 0 Å². The van der Waals surface area contributed by atoms with Gasteiger partial charge in [-0.15, -0.1) is 0 Å². The highest BCUT2D eigenvalue weighted by atomic mass is 16.5. The van der Waals surface area contributed by atoms with E-state index < -0.39 is 0 Å². The number of hydrogen-bond donors (Lipinski definition) is 2. The van der Waals surface area contributed by atoms with Gasteiger partial charge in [0.05, 0.1) is 5.69 Å². The Kier molecular flexibility index (Phi) is 5.08. The molecule has 1 unspecified atom stereocenters. The Hall–Kier alpha value is -2.51. The second-order valence-electron chi connectivity index (χ2n) is 6.66. The van der Waals surface area contributed by atoms with Gasteiger partial charge < -0.3 is 19.6 Å². The van der Waals surface area contributed by atoms with Crippen LogP contribution in [0.4, 0.5) is 0 Å². The largest absolute Gasteiger partial charge is 0.370 e. The summed E-state index contributed by atoms with van der Waals surface area (Å²) in [6, 6.07) is 5.87. The number of H-pyrrole nitrogens is 1. The highest BCUT2D eigenvalue weighted by Crippen LogP contribution is 2.32. The van der Waals surface area contributed by atoms with E-state index in [2.05, 4.69) is 25.3 Å². The first kappa shape index (κ1) is 16.9. The summed E-state index contributed by atoms with van der Waals surface area (Å²) in [5.41, 5.74) is 0.952. The van der Waals surface area contributed by atoms with Gasteiger partial charge >= 0.3 is 0 Å². The van der Waals surface area contributed by atoms with Crippen LogP contribution in [-0.4, -0.2) is 37.7 Å². The molecule has 2 N–H and O–H groups in total. The molecule has 0 amide bonds. The van der Waals surface area contributed by atoms with Crippen molar-refractivity contribution in [2.75, 3.05) is 13.2 Å². The van der Waals surface area contributed by atoms with Gasteiger partial charge in [0.15, 0.2) is 0 Å². The van der Waals surface area contributed by atoms with Gasteiger partial charge in [0.2, 0.25) is 0 Å². The second-order valence-corrected chi connectivity index (χ2v) is 6.66. The van der Waals surface area contributed by atoms with E-state index in [1.165, 1.54) is 0 Å². The molecule has 4 rings (SSSR count). The minimum Gasteiger partial charge on any atom is -0.370 e. The number of nitrogens with one attached hydrogen (secondary N) is 2. The molecule has 0 spiro atoms. The summed E-state index contributed by atoms with van der Waals surface area (Å²) in [7, 11) is 2.02. The lowest BCUT2D eigenvalue weighted by atomic mass is 9.93. The van der Waals surface area contributed by atoms with Gasteiger partial charge in [-0.05, 0) is 25.0 Å². The van der Waals surface area contributed by atoms with E-state index in [9.17, 15) is 0 Å². The standard InChI is InChI=1S/C19H24N6O/c1-25-11-10-23-19(25)17-14(5-4-12-26-17)13-24-16(18-21-8-9-22-18)15-6-2-3-7-20-15/h2-3,6-11,14,16-17,24H,4-5,12-13H2,1H3,(H,21,22)/t14-,16?,17+/m0/s1. The first-order chi connectivity index (χ1) is 12.8. The highest BCUT2D eigenvalue weighted by molar-refractivity contribution is 5.17. The van der Waals surface area contributed by atoms with Crippen LogP contribution in [0.1, 0.15) is 42.3 Å². The van der Waals surface area contributed by atoms with Gasteiger partial charge in [-0.3, -0.25) is 4.98 Å². The van der Waals surface area contributed by atoms with Crippen molar-refractivity contribution < 1.29 is 4.74 Å². The summed E-state index contributed by atoms with van der Waals surface area (Å²) in [6.45, 7) is 1.59. The Bertz CT molecular complexity index is 801. The fraction of sp³-hybridized carbons (Fsp3) is 0.421. The Morgan fingerprint density at radius 1 is 1.27 bits per heavy atom. The van der Waals surface area contributed by atoms with Crippen LogP contribution in [0.2, 0.25) is 0 Å². The molecule has 1 aliphatic heterocycles. The number of ether oxygens (including phenoxy) is 1. The third-order valence-electron chi connectivity index (χ3n) is 4.92. The predicted molar refractivity (Wildman–Crippen MR) is 97.3 cm³/mol. The monoisotopic (exact) mass is 352 g/mol. The molecule has 3 aromatic rings. The molecule has 136 valence electrons. The van der Waals surface area contributed by atoms with Crippen LogP contribution in [0, 0.1) is 5.92 Å². The third-order valence-corrected chi connectivity index (χ3v) is 4.92. The maximum absolute atomic E-state index is 6.08. The van der Waals surface area contributed by atoms with Gasteiger partial charge in [-0.25, -0.2) is 9.97 Å². The normalized spacial score (nSPS) is 21.6. The molecule has 3 atom stereocenters. The zero-order valence-electron chi connectivity index (χ0n) is 14.9. The van der Waals surface area contributed by atoms with E-state index in [1.54, 1.807) is 6.20 Å². The van der Waals surface area contributed by atoms with Crippen molar-refractivity contribution in [3.05, 3.63) is 66.5 Å². The SMILES string of the molecule is Cn1ccnc1[C@@H]1OCCC[C@H]1CNC(c1ccccn1)c1ncc[nH]1. The Labute approximate surface area is 152 Å². The van der Waals surface area contributed by atoms with Gasteiger partial charge in [-0.1, -0.05) is 6.07 Å². The average molecular weight is 352 g/mol. The number of pyridine rings is 1. The van der Waals surface area contributed by atoms with E-state index in [-0.39, 0.29) is 12.1 Å². The zero-order valence-corrected chi connectivity index (χ0v) is 14.9. The maximum Gasteiger partial charge on any atom is 0.137 e. The second kappa shape index (κ2) is 7.80. The van der Waals surface area contributed by atoms with Crippen molar-refractivity contribution in [1.82, 2.24) is 29.8 Å². The smallest absolute Gasteiger partial charge is 0.137 e. The minimum absolute atomic E-state index is 0.0113. The zero-order chi connectivity index (χ0) is 17.8. The van der Waals surface area contributed by atoms with Crippen LogP contribution < -0.4 is 5.32 Å². The molecule has 0 aliphatic carbocycles. The molecule has 0 radical (unpaired) electrons. The summed E-state index contributed by atoms with van der Waals surface area (Å²) < 4.78 is 8.13. The van der Waals surface area contributed by atoms with Crippen LogP contribution in [-0.2, 0) is 11.8 Å². The predicted octanol–water partition coefficient (Wildman–Crippen LogP) is 2.39. The summed E-state index contributed by atoms with van der Waals surface area (Å²) in [5, 5.41) is 3.65. The van der Waals surface area contributed by atoms with Gasteiger partial charge in [0.1, 0.15) is 23.8 Å². The number of aromatic amines is 1. The fourth-order valence-corrected chi connectivity index (χ4v) is 3.58. The number of nitrogens with zero attached hydrogens (tertiary/aromatic N) is 4. The first-order valence-corrected chi connectivity index (χ1v) is 9.05. The van der Waals surface area contributed by atoms with E-state index in [1.807, 2.05) is 54.6 Å². The molecule has 4 heterocycles. The van der Waals surface area contributed by atoms with Gasteiger partial charge in [-0.2, -0.15) is 0 Å². The Balaban J connectivity index is 1.52. The molecule has 7 heteroatoms. The van der Waals surface area contributed by atoms with E-state index in [0.29, 0.717) is 5.92 Å². The summed E-state index contributed by atoms with van der Waals surface area (Å²) >= 11 is 0. The molecule has 0 bridgehead atoms. The van der Waals surface area contributed by atoms with E-state index in [0.717, 1.165) is 43.3 Å². The minimum atomic E-state index is -0.0739. The fourth-order valence-electron chi connectivity index (χ4n) is 3.58. The third kappa shape index (κ3) is 3.54. The number of hydrogen-bond acceptors (Lipinski definition) is 5. The lowest BCUT2D eigenvalue weighted by Gasteiger charge is -2.32. The van der Waals surface area contributed by atoms with Crippen molar-refractivity contribution in [2.45, 2.75) is 25.0 Å². The highest BCUT2D eigenvalue weighted by Gasteiger charge is 2.31. The average Bonchev–Trinajstić information content (AvgIpc) is 3.35. The van der Waals surface area contributed by atoms with E-state index in [4.69, 9.17) is 4.74 Å². The van der Waals surface area contributed by atoms with Gasteiger partial charge in [0.25, 0.3) is 0 Å². The summed E-state index contributed by atoms with van der Waals surface area (Å²) in [4.78, 5) is 16.7. The van der Waals surface area contributed by atoms with Crippen molar-refractivity contribution >= 4 is 0 Å². The molecule has 1 saturated heterocycles. The molecule has 0 saturated carbocycles. The van der Waals surface area contributed by atoms with Crippen LogP contribution >= 0.6 is 0 Å². The molecule has 0 aromatic carbocycles. The van der Waals surface area contributed by atoms with Crippen molar-refractivity contribution in [1.29, 1.82) is 0 Å².